The number of nitrogens with one attached hydrogen (secondary N) is 1. The lowest BCUT2D eigenvalue weighted by Crippen LogP contribution is -2.54. The van der Waals surface area contributed by atoms with Crippen molar-refractivity contribution in [2.24, 2.45) is 0 Å². The Bertz CT molecular complexity index is 1300. The van der Waals surface area contributed by atoms with Gasteiger partial charge in [0.25, 0.3) is 0 Å². The summed E-state index contributed by atoms with van der Waals surface area (Å²) in [6.45, 7) is 9.39. The first-order valence-electron chi connectivity index (χ1n) is 12.7. The first kappa shape index (κ1) is 23.5. The molecule has 6 rings (SSSR count). The molecule has 2 fully saturated rings. The zero-order valence-corrected chi connectivity index (χ0v) is 21.4. The highest BCUT2D eigenvalue weighted by Gasteiger charge is 2.30. The Kier molecular flexibility index (Phi) is 6.44. The fraction of sp³-hybridized carbons (Fsp3) is 0.444. The number of hydrogen-bond acceptors (Lipinski definition) is 9. The molecule has 0 saturated carbocycles. The van der Waals surface area contributed by atoms with Gasteiger partial charge in [0.05, 0.1) is 34.4 Å². The van der Waals surface area contributed by atoms with Crippen molar-refractivity contribution in [3.8, 4) is 6.07 Å². The zero-order chi connectivity index (χ0) is 24.6. The van der Waals surface area contributed by atoms with E-state index in [-0.39, 0.29) is 17.6 Å². The van der Waals surface area contributed by atoms with E-state index in [9.17, 15) is 5.26 Å². The second-order valence-corrected chi connectivity index (χ2v) is 10.4. The summed E-state index contributed by atoms with van der Waals surface area (Å²) >= 11 is 4.57. The second kappa shape index (κ2) is 9.87. The summed E-state index contributed by atoms with van der Waals surface area (Å²) in [5.74, 6) is 1.06. The molecule has 1 aromatic carbocycles. The van der Waals surface area contributed by atoms with E-state index in [2.05, 4.69) is 74.9 Å². The Balaban J connectivity index is 1.11. The fourth-order valence-corrected chi connectivity index (χ4v) is 6.01. The van der Waals surface area contributed by atoms with Crippen molar-refractivity contribution in [1.29, 1.82) is 5.26 Å². The topological polar surface area (TPSA) is 80.6 Å². The van der Waals surface area contributed by atoms with Gasteiger partial charge in [0.1, 0.15) is 11.9 Å². The van der Waals surface area contributed by atoms with Crippen LogP contribution in [-0.4, -0.2) is 72.9 Å². The molecule has 36 heavy (non-hydrogen) atoms. The SMILES string of the molecule is C[C@@H]1CN(c2ccc(C#N)c3ncccc23)C[C@H](CN2CCN(c3ccc4c(n3)CN[C@@H]4S)CC2)O1. The van der Waals surface area contributed by atoms with Crippen LogP contribution in [0.3, 0.4) is 0 Å². The average Bonchev–Trinajstić information content (AvgIpc) is 3.28. The Morgan fingerprint density at radius 1 is 1.11 bits per heavy atom. The van der Waals surface area contributed by atoms with Gasteiger partial charge < -0.3 is 14.5 Å². The monoisotopic (exact) mass is 501 g/mol. The molecule has 3 aliphatic heterocycles. The molecule has 3 atom stereocenters. The number of anilines is 2. The van der Waals surface area contributed by atoms with Crippen molar-refractivity contribution >= 4 is 35.0 Å². The quantitative estimate of drug-likeness (QED) is 0.529. The van der Waals surface area contributed by atoms with Gasteiger partial charge in [-0.05, 0) is 37.3 Å². The molecule has 1 N–H and O–H groups in total. The molecule has 2 aromatic heterocycles. The predicted molar refractivity (Wildman–Crippen MR) is 144 cm³/mol. The molecule has 0 aliphatic carbocycles. The van der Waals surface area contributed by atoms with Crippen molar-refractivity contribution < 1.29 is 4.74 Å². The minimum atomic E-state index is 0.0920. The highest BCUT2D eigenvalue weighted by atomic mass is 32.1. The Morgan fingerprint density at radius 2 is 1.97 bits per heavy atom. The maximum Gasteiger partial charge on any atom is 0.128 e. The van der Waals surface area contributed by atoms with E-state index in [1.165, 1.54) is 5.56 Å². The molecule has 0 radical (unpaired) electrons. The van der Waals surface area contributed by atoms with Crippen molar-refractivity contribution in [3.63, 3.8) is 0 Å². The minimum Gasteiger partial charge on any atom is -0.370 e. The van der Waals surface area contributed by atoms with Crippen molar-refractivity contribution in [3.05, 3.63) is 59.4 Å². The van der Waals surface area contributed by atoms with E-state index in [1.54, 1.807) is 6.20 Å². The first-order chi connectivity index (χ1) is 17.6. The number of aromatic nitrogens is 2. The number of fused-ring (bicyclic) bond motifs is 2. The summed E-state index contributed by atoms with van der Waals surface area (Å²) in [6.07, 6.45) is 2.01. The van der Waals surface area contributed by atoms with Crippen LogP contribution in [0.5, 0.6) is 0 Å². The molecule has 2 saturated heterocycles. The fourth-order valence-electron chi connectivity index (χ4n) is 5.68. The summed E-state index contributed by atoms with van der Waals surface area (Å²) < 4.78 is 6.38. The third-order valence-corrected chi connectivity index (χ3v) is 7.91. The number of benzene rings is 1. The van der Waals surface area contributed by atoms with Crippen LogP contribution in [-0.2, 0) is 11.3 Å². The molecule has 3 aromatic rings. The molecule has 0 amide bonds. The Morgan fingerprint density at radius 3 is 2.81 bits per heavy atom. The summed E-state index contributed by atoms with van der Waals surface area (Å²) in [6, 6.07) is 14.5. The molecular weight excluding hydrogens is 470 g/mol. The maximum atomic E-state index is 9.50. The van der Waals surface area contributed by atoms with Gasteiger partial charge in [0.15, 0.2) is 0 Å². The lowest BCUT2D eigenvalue weighted by molar-refractivity contribution is -0.0327. The van der Waals surface area contributed by atoms with Crippen molar-refractivity contribution in [2.45, 2.75) is 31.1 Å². The Hall–Kier alpha value is -2.90. The lowest BCUT2D eigenvalue weighted by Gasteiger charge is -2.42. The molecule has 0 unspecified atom stereocenters. The second-order valence-electron chi connectivity index (χ2n) is 9.89. The number of nitrogens with zero attached hydrogens (tertiary/aromatic N) is 6. The third kappa shape index (κ3) is 4.50. The highest BCUT2D eigenvalue weighted by molar-refractivity contribution is 7.80. The molecule has 8 nitrogen and oxygen atoms in total. The molecular formula is C27H31N7OS. The van der Waals surface area contributed by atoms with E-state index < -0.39 is 0 Å². The molecule has 0 spiro atoms. The van der Waals surface area contributed by atoms with Gasteiger partial charge in [-0.3, -0.25) is 15.2 Å². The van der Waals surface area contributed by atoms with Gasteiger partial charge in [0.2, 0.25) is 0 Å². The normalized spacial score (nSPS) is 24.6. The smallest absolute Gasteiger partial charge is 0.128 e. The zero-order valence-electron chi connectivity index (χ0n) is 20.5. The third-order valence-electron chi connectivity index (χ3n) is 7.44. The van der Waals surface area contributed by atoms with Crippen LogP contribution in [0.25, 0.3) is 10.9 Å². The summed E-state index contributed by atoms with van der Waals surface area (Å²) in [4.78, 5) is 16.7. The Labute approximate surface area is 217 Å². The standard InChI is InChI=1S/C27H31N7OS/c1-18-15-34(24-6-4-19(13-28)26-22(24)3-2-8-29-26)17-20(35-18)16-32-9-11-33(12-10-32)25-7-5-21-23(31-25)14-30-27(21)36/h2-8,18,20,27,30,36H,9-12,14-17H2,1H3/t18-,20+,27-/m1/s1. The number of nitriles is 1. The number of ether oxygens (including phenoxy) is 1. The van der Waals surface area contributed by atoms with Crippen molar-refractivity contribution in [2.75, 3.05) is 55.6 Å². The average molecular weight is 502 g/mol. The number of piperazine rings is 1. The summed E-state index contributed by atoms with van der Waals surface area (Å²) in [5, 5.41) is 14.0. The molecule has 3 aliphatic rings. The van der Waals surface area contributed by atoms with E-state index in [0.29, 0.717) is 5.56 Å². The van der Waals surface area contributed by atoms with Crippen LogP contribution in [0.1, 0.15) is 29.1 Å². The van der Waals surface area contributed by atoms with E-state index in [4.69, 9.17) is 9.72 Å². The van der Waals surface area contributed by atoms with Crippen LogP contribution in [0.2, 0.25) is 0 Å². The summed E-state index contributed by atoms with van der Waals surface area (Å²) in [7, 11) is 0. The molecule has 5 heterocycles. The number of hydrogen-bond donors (Lipinski definition) is 2. The van der Waals surface area contributed by atoms with E-state index in [1.807, 2.05) is 12.1 Å². The number of thiol groups is 1. The molecule has 9 heteroatoms. The van der Waals surface area contributed by atoms with Crippen molar-refractivity contribution in [1.82, 2.24) is 20.2 Å². The molecule has 186 valence electrons. The number of rotatable bonds is 4. The first-order valence-corrected chi connectivity index (χ1v) is 13.2. The van der Waals surface area contributed by atoms with Gasteiger partial charge >= 0.3 is 0 Å². The van der Waals surface area contributed by atoms with Gasteiger partial charge in [-0.2, -0.15) is 17.9 Å². The minimum absolute atomic E-state index is 0.0920. The van der Waals surface area contributed by atoms with Gasteiger partial charge in [-0.1, -0.05) is 6.07 Å². The van der Waals surface area contributed by atoms with Crippen LogP contribution in [0.15, 0.2) is 42.6 Å². The maximum absolute atomic E-state index is 9.50. The van der Waals surface area contributed by atoms with Gasteiger partial charge in [-0.25, -0.2) is 4.98 Å². The van der Waals surface area contributed by atoms with Gasteiger partial charge in [0, 0.05) is 75.2 Å². The number of morpholine rings is 1. The van der Waals surface area contributed by atoms with Crippen LogP contribution < -0.4 is 15.1 Å². The van der Waals surface area contributed by atoms with Crippen LogP contribution >= 0.6 is 12.6 Å². The number of pyridine rings is 2. The highest BCUT2D eigenvalue weighted by Crippen LogP contribution is 2.31. The lowest BCUT2D eigenvalue weighted by atomic mass is 10.1. The van der Waals surface area contributed by atoms with Crippen LogP contribution in [0, 0.1) is 11.3 Å². The predicted octanol–water partition coefficient (Wildman–Crippen LogP) is 2.95. The van der Waals surface area contributed by atoms with Crippen LogP contribution in [0.4, 0.5) is 11.5 Å². The largest absolute Gasteiger partial charge is 0.370 e. The molecule has 0 bridgehead atoms. The van der Waals surface area contributed by atoms with E-state index in [0.717, 1.165) is 80.5 Å². The summed E-state index contributed by atoms with van der Waals surface area (Å²) in [5.41, 5.74) is 4.82. The van der Waals surface area contributed by atoms with E-state index >= 15 is 0 Å². The van der Waals surface area contributed by atoms with Gasteiger partial charge in [-0.15, -0.1) is 0 Å².